The normalized spacial score (nSPS) is 11.4. The molecule has 0 unspecified atom stereocenters. The Hall–Kier alpha value is -2.48. The molecule has 1 heterocycles. The van der Waals surface area contributed by atoms with Crippen LogP contribution in [0.4, 0.5) is 13.2 Å². The van der Waals surface area contributed by atoms with Gasteiger partial charge in [-0.05, 0) is 12.1 Å². The maximum Gasteiger partial charge on any atom is 0.431 e. The van der Waals surface area contributed by atoms with Gasteiger partial charge in [-0.3, -0.25) is 4.79 Å². The number of aliphatic hydroxyl groups is 1. The smallest absolute Gasteiger partial charge is 0.431 e. The topological polar surface area (TPSA) is 65.6 Å². The minimum atomic E-state index is -4.55. The van der Waals surface area contributed by atoms with Gasteiger partial charge < -0.3 is 19.7 Å². The Morgan fingerprint density at radius 2 is 2.04 bits per heavy atom. The molecule has 0 aliphatic carbocycles. The van der Waals surface area contributed by atoms with Crippen molar-refractivity contribution in [3.05, 3.63) is 53.3 Å². The Balaban J connectivity index is 2.23. The van der Waals surface area contributed by atoms with Crippen molar-refractivity contribution in [3.8, 4) is 5.75 Å². The lowest BCUT2D eigenvalue weighted by molar-refractivity contribution is -0.140. The number of aromatic amines is 1. The average molecular weight is 342 g/mol. The molecular weight excluding hydrogens is 325 g/mol. The molecular formula is C16H17F3N2O3. The fourth-order valence-electron chi connectivity index (χ4n) is 2.28. The molecule has 8 heteroatoms. The number of halogens is 3. The fraction of sp³-hybridized carbons (Fsp3) is 0.312. The van der Waals surface area contributed by atoms with E-state index in [4.69, 9.17) is 9.84 Å². The number of nitrogens with zero attached hydrogens (tertiary/aromatic N) is 1. The number of methoxy groups -OCH3 is 1. The van der Waals surface area contributed by atoms with E-state index in [1.54, 1.807) is 24.3 Å². The zero-order valence-corrected chi connectivity index (χ0v) is 12.9. The van der Waals surface area contributed by atoms with Gasteiger partial charge in [0.1, 0.15) is 11.4 Å². The van der Waals surface area contributed by atoms with Crippen molar-refractivity contribution in [2.24, 2.45) is 0 Å². The minimum Gasteiger partial charge on any atom is -0.496 e. The molecule has 0 spiro atoms. The molecule has 2 rings (SSSR count). The zero-order valence-electron chi connectivity index (χ0n) is 12.9. The van der Waals surface area contributed by atoms with E-state index in [9.17, 15) is 18.0 Å². The average Bonchev–Trinajstić information content (AvgIpc) is 3.04. The molecule has 1 amide bonds. The van der Waals surface area contributed by atoms with Crippen molar-refractivity contribution < 1.29 is 27.8 Å². The molecule has 1 aromatic carbocycles. The van der Waals surface area contributed by atoms with Crippen LogP contribution in [0.1, 0.15) is 21.6 Å². The van der Waals surface area contributed by atoms with Gasteiger partial charge in [-0.25, -0.2) is 0 Å². The number of H-pyrrole nitrogens is 1. The first kappa shape index (κ1) is 17.9. The van der Waals surface area contributed by atoms with Crippen molar-refractivity contribution in [2.45, 2.75) is 12.7 Å². The van der Waals surface area contributed by atoms with Crippen LogP contribution < -0.4 is 4.74 Å². The number of aliphatic hydroxyl groups excluding tert-OH is 1. The number of benzene rings is 1. The summed E-state index contributed by atoms with van der Waals surface area (Å²) in [6.45, 7) is -0.212. The predicted octanol–water partition coefficient (Wildman–Crippen LogP) is 2.68. The summed E-state index contributed by atoms with van der Waals surface area (Å²) in [5.41, 5.74) is -0.425. The van der Waals surface area contributed by atoms with Crippen LogP contribution in [0.3, 0.4) is 0 Å². The molecule has 2 N–H and O–H groups in total. The predicted molar refractivity (Wildman–Crippen MR) is 80.6 cm³/mol. The molecule has 1 aromatic heterocycles. The highest BCUT2D eigenvalue weighted by molar-refractivity contribution is 5.94. The lowest BCUT2D eigenvalue weighted by atomic mass is 10.1. The van der Waals surface area contributed by atoms with Crippen molar-refractivity contribution in [1.29, 1.82) is 0 Å². The Bertz CT molecular complexity index is 698. The van der Waals surface area contributed by atoms with Crippen molar-refractivity contribution in [1.82, 2.24) is 9.88 Å². The Labute approximate surface area is 136 Å². The van der Waals surface area contributed by atoms with Gasteiger partial charge in [-0.1, -0.05) is 18.2 Å². The van der Waals surface area contributed by atoms with Gasteiger partial charge in [-0.2, -0.15) is 13.2 Å². The van der Waals surface area contributed by atoms with E-state index >= 15 is 0 Å². The third kappa shape index (κ3) is 4.08. The molecule has 2 aromatic rings. The maximum absolute atomic E-state index is 12.6. The van der Waals surface area contributed by atoms with E-state index in [2.05, 4.69) is 4.98 Å². The molecule has 0 aliphatic rings. The highest BCUT2D eigenvalue weighted by Gasteiger charge is 2.33. The van der Waals surface area contributed by atoms with E-state index in [0.29, 0.717) is 11.3 Å². The monoisotopic (exact) mass is 342 g/mol. The number of para-hydroxylation sites is 1. The van der Waals surface area contributed by atoms with Gasteiger partial charge in [0.25, 0.3) is 5.91 Å². The second-order valence-electron chi connectivity index (χ2n) is 5.06. The molecule has 0 fully saturated rings. The number of amides is 1. The number of alkyl halides is 3. The Kier molecular flexibility index (Phi) is 5.50. The number of hydrogen-bond acceptors (Lipinski definition) is 3. The standard InChI is InChI=1S/C16H17F3N2O3/c1-24-13-5-3-2-4-11(13)10-21(6-7-22)15(23)12-8-14(20-9-12)16(17,18)19/h2-5,8-9,20,22H,6-7,10H2,1H3. The summed E-state index contributed by atoms with van der Waals surface area (Å²) in [6, 6.07) is 7.75. The largest absolute Gasteiger partial charge is 0.496 e. The Morgan fingerprint density at radius 3 is 2.62 bits per heavy atom. The number of nitrogens with one attached hydrogen (secondary N) is 1. The van der Waals surface area contributed by atoms with Crippen LogP contribution >= 0.6 is 0 Å². The van der Waals surface area contributed by atoms with E-state index in [0.717, 1.165) is 12.3 Å². The van der Waals surface area contributed by atoms with E-state index in [1.165, 1.54) is 12.0 Å². The first-order valence-electron chi connectivity index (χ1n) is 7.14. The first-order chi connectivity index (χ1) is 11.4. The van der Waals surface area contributed by atoms with Crippen LogP contribution in [-0.2, 0) is 12.7 Å². The van der Waals surface area contributed by atoms with Crippen molar-refractivity contribution >= 4 is 5.91 Å². The van der Waals surface area contributed by atoms with Gasteiger partial charge in [0, 0.05) is 24.8 Å². The summed E-state index contributed by atoms with van der Waals surface area (Å²) in [6.07, 6.45) is -3.54. The molecule has 130 valence electrons. The molecule has 0 atom stereocenters. The number of rotatable bonds is 6. The first-order valence-corrected chi connectivity index (χ1v) is 7.14. The number of hydrogen-bond donors (Lipinski definition) is 2. The van der Waals surface area contributed by atoms with E-state index < -0.39 is 17.8 Å². The number of carbonyl (C=O) groups is 1. The van der Waals surface area contributed by atoms with Gasteiger partial charge in [0.2, 0.25) is 0 Å². The number of ether oxygens (including phenoxy) is 1. The van der Waals surface area contributed by atoms with Crippen LogP contribution in [0.25, 0.3) is 0 Å². The summed E-state index contributed by atoms with van der Waals surface area (Å²) in [5, 5.41) is 9.16. The Morgan fingerprint density at radius 1 is 1.33 bits per heavy atom. The molecule has 0 radical (unpaired) electrons. The minimum absolute atomic E-state index is 0.0105. The van der Waals surface area contributed by atoms with Crippen molar-refractivity contribution in [3.63, 3.8) is 0 Å². The van der Waals surface area contributed by atoms with Crippen LogP contribution in [0.2, 0.25) is 0 Å². The van der Waals surface area contributed by atoms with Crippen molar-refractivity contribution in [2.75, 3.05) is 20.3 Å². The van der Waals surface area contributed by atoms with E-state index in [-0.39, 0.29) is 25.3 Å². The summed E-state index contributed by atoms with van der Waals surface area (Å²) >= 11 is 0. The van der Waals surface area contributed by atoms with Crippen LogP contribution in [-0.4, -0.2) is 41.2 Å². The molecule has 24 heavy (non-hydrogen) atoms. The van der Waals surface area contributed by atoms with Gasteiger partial charge in [-0.15, -0.1) is 0 Å². The third-order valence-electron chi connectivity index (χ3n) is 3.45. The zero-order chi connectivity index (χ0) is 17.7. The molecule has 0 saturated heterocycles. The maximum atomic E-state index is 12.6. The summed E-state index contributed by atoms with van der Waals surface area (Å²) in [7, 11) is 1.48. The molecule has 0 aliphatic heterocycles. The van der Waals surface area contributed by atoms with Gasteiger partial charge in [0.05, 0.1) is 19.3 Å². The molecule has 5 nitrogen and oxygen atoms in total. The lowest BCUT2D eigenvalue weighted by Gasteiger charge is -2.22. The lowest BCUT2D eigenvalue weighted by Crippen LogP contribution is -2.33. The number of carbonyl (C=O) groups excluding carboxylic acids is 1. The highest BCUT2D eigenvalue weighted by atomic mass is 19.4. The van der Waals surface area contributed by atoms with Crippen LogP contribution in [0.5, 0.6) is 5.75 Å². The second-order valence-corrected chi connectivity index (χ2v) is 5.06. The summed E-state index contributed by atoms with van der Waals surface area (Å²) < 4.78 is 43.1. The molecule has 0 saturated carbocycles. The summed E-state index contributed by atoms with van der Waals surface area (Å²) in [5.74, 6) is -0.0556. The van der Waals surface area contributed by atoms with E-state index in [1.807, 2.05) is 0 Å². The number of aromatic nitrogens is 1. The fourth-order valence-corrected chi connectivity index (χ4v) is 2.28. The summed E-state index contributed by atoms with van der Waals surface area (Å²) in [4.78, 5) is 15.8. The van der Waals surface area contributed by atoms with Gasteiger partial charge in [0.15, 0.2) is 0 Å². The van der Waals surface area contributed by atoms with Gasteiger partial charge >= 0.3 is 6.18 Å². The quantitative estimate of drug-likeness (QED) is 0.848. The molecule has 0 bridgehead atoms. The van der Waals surface area contributed by atoms with Crippen LogP contribution in [0, 0.1) is 0 Å². The third-order valence-corrected chi connectivity index (χ3v) is 3.45. The highest BCUT2D eigenvalue weighted by Crippen LogP contribution is 2.29. The second kappa shape index (κ2) is 7.39. The SMILES string of the molecule is COc1ccccc1CN(CCO)C(=O)c1c[nH]c(C(F)(F)F)c1. The van der Waals surface area contributed by atoms with Crippen LogP contribution in [0.15, 0.2) is 36.5 Å².